The number of hydrogen-bond donors (Lipinski definition) is 2. The van der Waals surface area contributed by atoms with Crippen molar-refractivity contribution < 1.29 is 23.1 Å². The molecule has 1 fully saturated rings. The molecule has 1 aliphatic heterocycles. The van der Waals surface area contributed by atoms with Crippen LogP contribution in [0.5, 0.6) is 5.75 Å². The molecule has 10 heteroatoms. The molecule has 2 aromatic rings. The summed E-state index contributed by atoms with van der Waals surface area (Å²) in [7, 11) is -3.65. The number of carboxylic acids is 1. The van der Waals surface area contributed by atoms with Gasteiger partial charge in [0.05, 0.1) is 6.61 Å². The summed E-state index contributed by atoms with van der Waals surface area (Å²) in [5.41, 5.74) is 0.935. The van der Waals surface area contributed by atoms with Crippen LogP contribution in [0.15, 0.2) is 40.6 Å². The normalized spacial score (nSPS) is 15.6. The fraction of sp³-hybridized carbons (Fsp3) is 0.421. The Kier molecular flexibility index (Phi) is 8.47. The van der Waals surface area contributed by atoms with Crippen molar-refractivity contribution in [1.82, 2.24) is 9.84 Å². The van der Waals surface area contributed by atoms with Crippen LogP contribution in [0.3, 0.4) is 0 Å². The molecule has 0 spiro atoms. The lowest BCUT2D eigenvalue weighted by atomic mass is 9.94. The second-order valence-corrected chi connectivity index (χ2v) is 9.67. The standard InChI is InChI=1S/C19H24N2O5S2.ClH/c1-2-26-16-5-3-15(4-6-16)17-7-8-19(27-17)28(24,25)20-21-11-9-14(10-12-21)13-18(22)23;/h3-8,14,20H,2,9-13H2,1H3,(H,22,23);1H. The second-order valence-electron chi connectivity index (χ2n) is 6.70. The number of nitrogens with zero attached hydrogens (tertiary/aromatic N) is 1. The van der Waals surface area contributed by atoms with E-state index in [0.717, 1.165) is 16.2 Å². The molecule has 2 N–H and O–H groups in total. The Morgan fingerprint density at radius 2 is 1.86 bits per heavy atom. The number of ether oxygens (including phenoxy) is 1. The first-order valence-corrected chi connectivity index (χ1v) is 11.5. The van der Waals surface area contributed by atoms with Crippen molar-refractivity contribution in [2.75, 3.05) is 19.7 Å². The molecule has 1 saturated heterocycles. The largest absolute Gasteiger partial charge is 0.494 e. The highest BCUT2D eigenvalue weighted by Crippen LogP contribution is 2.32. The van der Waals surface area contributed by atoms with Gasteiger partial charge in [-0.05, 0) is 67.6 Å². The van der Waals surface area contributed by atoms with Gasteiger partial charge in [-0.15, -0.1) is 28.6 Å². The predicted octanol–water partition coefficient (Wildman–Crippen LogP) is 3.62. The van der Waals surface area contributed by atoms with Crippen LogP contribution in [0.2, 0.25) is 0 Å². The Labute approximate surface area is 181 Å². The summed E-state index contributed by atoms with van der Waals surface area (Å²) in [6.45, 7) is 3.54. The molecule has 1 aliphatic rings. The Balaban J connectivity index is 0.00000300. The first-order chi connectivity index (χ1) is 13.4. The van der Waals surface area contributed by atoms with Gasteiger partial charge in [-0.2, -0.15) is 0 Å². The minimum absolute atomic E-state index is 0. The van der Waals surface area contributed by atoms with Crippen molar-refractivity contribution in [3.05, 3.63) is 36.4 Å². The molecule has 0 unspecified atom stereocenters. The zero-order chi connectivity index (χ0) is 20.1. The van der Waals surface area contributed by atoms with E-state index in [0.29, 0.717) is 32.5 Å². The molecule has 0 radical (unpaired) electrons. The molecule has 0 amide bonds. The summed E-state index contributed by atoms with van der Waals surface area (Å²) >= 11 is 1.21. The maximum absolute atomic E-state index is 12.7. The zero-order valence-corrected chi connectivity index (χ0v) is 18.5. The third kappa shape index (κ3) is 6.42. The highest BCUT2D eigenvalue weighted by atomic mass is 35.5. The number of rotatable bonds is 8. The fourth-order valence-electron chi connectivity index (χ4n) is 3.19. The van der Waals surface area contributed by atoms with Gasteiger partial charge in [-0.25, -0.2) is 13.4 Å². The highest BCUT2D eigenvalue weighted by molar-refractivity contribution is 7.91. The number of hydrogen-bond acceptors (Lipinski definition) is 6. The Morgan fingerprint density at radius 3 is 2.45 bits per heavy atom. The molecule has 1 aromatic heterocycles. The van der Waals surface area contributed by atoms with E-state index in [9.17, 15) is 13.2 Å². The van der Waals surface area contributed by atoms with Crippen LogP contribution >= 0.6 is 23.7 Å². The summed E-state index contributed by atoms with van der Waals surface area (Å²) in [5.74, 6) is 0.0781. The number of hydrazine groups is 1. The first kappa shape index (κ1) is 23.6. The topological polar surface area (TPSA) is 95.9 Å². The number of benzene rings is 1. The maximum Gasteiger partial charge on any atom is 0.303 e. The van der Waals surface area contributed by atoms with Gasteiger partial charge in [0, 0.05) is 24.4 Å². The maximum atomic E-state index is 12.7. The van der Waals surface area contributed by atoms with Gasteiger partial charge in [-0.3, -0.25) is 4.79 Å². The molecule has 0 saturated carbocycles. The predicted molar refractivity (Wildman–Crippen MR) is 115 cm³/mol. The van der Waals surface area contributed by atoms with Crippen LogP contribution in [-0.2, 0) is 14.8 Å². The Morgan fingerprint density at radius 1 is 1.21 bits per heavy atom. The number of aliphatic carboxylic acids is 1. The van der Waals surface area contributed by atoms with Crippen molar-refractivity contribution in [3.63, 3.8) is 0 Å². The van der Waals surface area contributed by atoms with Crippen LogP contribution < -0.4 is 9.57 Å². The van der Waals surface area contributed by atoms with Gasteiger partial charge in [0.25, 0.3) is 10.0 Å². The number of piperidine rings is 1. The summed E-state index contributed by atoms with van der Waals surface area (Å²) < 4.78 is 31.1. The highest BCUT2D eigenvalue weighted by Gasteiger charge is 2.26. The van der Waals surface area contributed by atoms with Gasteiger partial charge in [0.1, 0.15) is 9.96 Å². The van der Waals surface area contributed by atoms with Crippen LogP contribution in [0.4, 0.5) is 0 Å². The van der Waals surface area contributed by atoms with E-state index in [1.54, 1.807) is 17.1 Å². The number of sulfonamides is 1. The number of halogens is 1. The van der Waals surface area contributed by atoms with Crippen LogP contribution in [0, 0.1) is 5.92 Å². The van der Waals surface area contributed by atoms with E-state index < -0.39 is 16.0 Å². The molecule has 0 aliphatic carbocycles. The SMILES string of the molecule is CCOc1ccc(-c2ccc(S(=O)(=O)NN3CCC(CC(=O)O)CC3)s2)cc1.Cl. The summed E-state index contributed by atoms with van der Waals surface area (Å²) in [6, 6.07) is 11.0. The van der Waals surface area contributed by atoms with Crippen molar-refractivity contribution in [2.45, 2.75) is 30.4 Å². The van der Waals surface area contributed by atoms with Gasteiger partial charge in [0.15, 0.2) is 0 Å². The van der Waals surface area contributed by atoms with Crippen molar-refractivity contribution in [3.8, 4) is 16.2 Å². The molecule has 0 bridgehead atoms. The molecular formula is C19H25ClN2O5S2. The number of thiophene rings is 1. The van der Waals surface area contributed by atoms with Crippen LogP contribution in [-0.4, -0.2) is 44.2 Å². The Hall–Kier alpha value is -1.65. The summed E-state index contributed by atoms with van der Waals surface area (Å²) in [4.78, 5) is 14.3. The number of nitrogens with one attached hydrogen (secondary N) is 1. The van der Waals surface area contributed by atoms with Crippen molar-refractivity contribution in [2.24, 2.45) is 5.92 Å². The van der Waals surface area contributed by atoms with Gasteiger partial charge >= 0.3 is 5.97 Å². The van der Waals surface area contributed by atoms with E-state index in [1.165, 1.54) is 11.3 Å². The monoisotopic (exact) mass is 460 g/mol. The quantitative estimate of drug-likeness (QED) is 0.624. The molecule has 1 aromatic carbocycles. The van der Waals surface area contributed by atoms with E-state index in [-0.39, 0.29) is 29.0 Å². The van der Waals surface area contributed by atoms with Crippen molar-refractivity contribution >= 4 is 39.7 Å². The summed E-state index contributed by atoms with van der Waals surface area (Å²) in [5, 5.41) is 10.5. The molecule has 3 rings (SSSR count). The minimum atomic E-state index is -3.65. The second kappa shape index (κ2) is 10.4. The van der Waals surface area contributed by atoms with Gasteiger partial charge in [0.2, 0.25) is 0 Å². The van der Waals surface area contributed by atoms with E-state index in [4.69, 9.17) is 9.84 Å². The fourth-order valence-corrected chi connectivity index (χ4v) is 5.61. The first-order valence-electron chi connectivity index (χ1n) is 9.19. The molecule has 0 atom stereocenters. The lowest BCUT2D eigenvalue weighted by Crippen LogP contribution is -2.46. The average Bonchev–Trinajstić information content (AvgIpc) is 3.15. The lowest BCUT2D eigenvalue weighted by molar-refractivity contribution is -0.138. The van der Waals surface area contributed by atoms with E-state index >= 15 is 0 Å². The molecule has 2 heterocycles. The zero-order valence-electron chi connectivity index (χ0n) is 16.0. The van der Waals surface area contributed by atoms with Gasteiger partial charge < -0.3 is 9.84 Å². The average molecular weight is 461 g/mol. The van der Waals surface area contributed by atoms with E-state index in [2.05, 4.69) is 4.83 Å². The van der Waals surface area contributed by atoms with Crippen molar-refractivity contribution in [1.29, 1.82) is 0 Å². The van der Waals surface area contributed by atoms with Crippen LogP contribution in [0.1, 0.15) is 26.2 Å². The molecule has 160 valence electrons. The minimum Gasteiger partial charge on any atom is -0.494 e. The number of carboxylic acid groups (broad SMARTS) is 1. The van der Waals surface area contributed by atoms with Gasteiger partial charge in [-0.1, -0.05) is 0 Å². The molecular weight excluding hydrogens is 436 g/mol. The smallest absolute Gasteiger partial charge is 0.303 e. The number of carbonyl (C=O) groups is 1. The summed E-state index contributed by atoms with van der Waals surface area (Å²) in [6.07, 6.45) is 1.46. The third-order valence-electron chi connectivity index (χ3n) is 4.62. The van der Waals surface area contributed by atoms with E-state index in [1.807, 2.05) is 31.2 Å². The third-order valence-corrected chi connectivity index (χ3v) is 7.62. The lowest BCUT2D eigenvalue weighted by Gasteiger charge is -2.30. The van der Waals surface area contributed by atoms with Crippen LogP contribution in [0.25, 0.3) is 10.4 Å². The Bertz CT molecular complexity index is 907. The molecule has 7 nitrogen and oxygen atoms in total. The molecule has 29 heavy (non-hydrogen) atoms.